The van der Waals surface area contributed by atoms with Crippen LogP contribution in [0.3, 0.4) is 0 Å². The van der Waals surface area contributed by atoms with E-state index in [1.54, 1.807) is 4.90 Å². The first-order chi connectivity index (χ1) is 7.11. The summed E-state index contributed by atoms with van der Waals surface area (Å²) in [7, 11) is 0. The van der Waals surface area contributed by atoms with Crippen LogP contribution >= 0.6 is 0 Å². The van der Waals surface area contributed by atoms with Crippen molar-refractivity contribution in [3.05, 3.63) is 0 Å². The molecule has 1 heterocycles. The number of carbonyl (C=O) groups excluding carboxylic acids is 1. The predicted molar refractivity (Wildman–Crippen MR) is 54.3 cm³/mol. The van der Waals surface area contributed by atoms with Gasteiger partial charge in [-0.15, -0.1) is 0 Å². The highest BCUT2D eigenvalue weighted by molar-refractivity contribution is 5.82. The van der Waals surface area contributed by atoms with Crippen molar-refractivity contribution in [2.45, 2.75) is 51.1 Å². The van der Waals surface area contributed by atoms with Crippen molar-refractivity contribution in [3.8, 4) is 0 Å². The Morgan fingerprint density at radius 1 is 1.20 bits per heavy atom. The topological polar surface area (TPSA) is 57.6 Å². The predicted octanol–water partition coefficient (Wildman–Crippen LogP) is 1.25. The average Bonchev–Trinajstić information content (AvgIpc) is 2.62. The van der Waals surface area contributed by atoms with Crippen molar-refractivity contribution in [2.75, 3.05) is 0 Å². The number of carboxylic acid groups (broad SMARTS) is 1. The van der Waals surface area contributed by atoms with E-state index in [2.05, 4.69) is 0 Å². The fourth-order valence-corrected chi connectivity index (χ4v) is 3.16. The van der Waals surface area contributed by atoms with E-state index in [1.807, 2.05) is 0 Å². The SMILES string of the molecule is CC(=O)N1C(C(=O)O)CCC2CCCC21. The zero-order valence-corrected chi connectivity index (χ0v) is 8.98. The molecule has 3 atom stereocenters. The number of amides is 1. The minimum absolute atomic E-state index is 0.0843. The summed E-state index contributed by atoms with van der Waals surface area (Å²) in [6.45, 7) is 1.48. The van der Waals surface area contributed by atoms with Gasteiger partial charge >= 0.3 is 5.97 Å². The number of carbonyl (C=O) groups is 2. The Hall–Kier alpha value is -1.06. The second-order valence-corrected chi connectivity index (χ2v) is 4.62. The molecule has 1 aliphatic carbocycles. The number of piperidine rings is 1. The van der Waals surface area contributed by atoms with E-state index < -0.39 is 12.0 Å². The first-order valence-corrected chi connectivity index (χ1v) is 5.63. The Balaban J connectivity index is 2.21. The second kappa shape index (κ2) is 3.83. The van der Waals surface area contributed by atoms with Gasteiger partial charge in [-0.3, -0.25) is 4.79 Å². The Kier molecular flexibility index (Phi) is 2.67. The highest BCUT2D eigenvalue weighted by atomic mass is 16.4. The van der Waals surface area contributed by atoms with E-state index in [4.69, 9.17) is 5.11 Å². The Morgan fingerprint density at radius 3 is 2.53 bits per heavy atom. The molecule has 1 saturated heterocycles. The summed E-state index contributed by atoms with van der Waals surface area (Å²) < 4.78 is 0. The minimum Gasteiger partial charge on any atom is -0.480 e. The molecule has 1 amide bonds. The van der Waals surface area contributed by atoms with Gasteiger partial charge in [-0.25, -0.2) is 4.79 Å². The lowest BCUT2D eigenvalue weighted by atomic mass is 9.87. The van der Waals surface area contributed by atoms with Crippen LogP contribution in [0.2, 0.25) is 0 Å². The van der Waals surface area contributed by atoms with Crippen LogP contribution in [0.15, 0.2) is 0 Å². The van der Waals surface area contributed by atoms with E-state index in [1.165, 1.54) is 6.92 Å². The van der Waals surface area contributed by atoms with Gasteiger partial charge in [0.25, 0.3) is 0 Å². The maximum Gasteiger partial charge on any atom is 0.326 e. The van der Waals surface area contributed by atoms with Gasteiger partial charge < -0.3 is 10.0 Å². The second-order valence-electron chi connectivity index (χ2n) is 4.62. The number of hydrogen-bond acceptors (Lipinski definition) is 2. The molecule has 0 aromatic rings. The molecular formula is C11H17NO3. The maximum absolute atomic E-state index is 11.5. The number of fused-ring (bicyclic) bond motifs is 1. The Morgan fingerprint density at radius 2 is 1.93 bits per heavy atom. The maximum atomic E-state index is 11.5. The lowest BCUT2D eigenvalue weighted by molar-refractivity contribution is -0.155. The van der Waals surface area contributed by atoms with Gasteiger partial charge in [0, 0.05) is 13.0 Å². The molecule has 15 heavy (non-hydrogen) atoms. The molecule has 1 aliphatic heterocycles. The number of nitrogens with zero attached hydrogens (tertiary/aromatic N) is 1. The Labute approximate surface area is 89.3 Å². The van der Waals surface area contributed by atoms with Crippen molar-refractivity contribution in [3.63, 3.8) is 0 Å². The number of hydrogen-bond donors (Lipinski definition) is 1. The molecule has 1 saturated carbocycles. The van der Waals surface area contributed by atoms with Gasteiger partial charge in [0.1, 0.15) is 6.04 Å². The standard InChI is InChI=1S/C11H17NO3/c1-7(13)12-9-4-2-3-8(9)5-6-10(12)11(14)15/h8-10H,2-6H2,1H3,(H,14,15). The zero-order chi connectivity index (χ0) is 11.0. The smallest absolute Gasteiger partial charge is 0.326 e. The number of likely N-dealkylation sites (tertiary alicyclic amines) is 1. The molecule has 0 radical (unpaired) electrons. The van der Waals surface area contributed by atoms with Crippen molar-refractivity contribution in [1.29, 1.82) is 0 Å². The molecule has 84 valence electrons. The average molecular weight is 211 g/mol. The summed E-state index contributed by atoms with van der Waals surface area (Å²) in [6.07, 6.45) is 4.85. The summed E-state index contributed by atoms with van der Waals surface area (Å²) in [6, 6.07) is -0.390. The van der Waals surface area contributed by atoms with Crippen LogP contribution in [0, 0.1) is 5.92 Å². The minimum atomic E-state index is -0.851. The number of aliphatic carboxylic acids is 1. The molecule has 0 bridgehead atoms. The fraction of sp³-hybridized carbons (Fsp3) is 0.818. The summed E-state index contributed by atoms with van der Waals surface area (Å²) in [5.74, 6) is -0.390. The summed E-state index contributed by atoms with van der Waals surface area (Å²) in [5.41, 5.74) is 0. The molecule has 2 aliphatic rings. The first-order valence-electron chi connectivity index (χ1n) is 5.63. The van der Waals surface area contributed by atoms with E-state index in [0.717, 1.165) is 25.7 Å². The molecule has 0 aromatic carbocycles. The quantitative estimate of drug-likeness (QED) is 0.710. The van der Waals surface area contributed by atoms with Gasteiger partial charge in [0.15, 0.2) is 0 Å². The summed E-state index contributed by atoms with van der Waals surface area (Å²) >= 11 is 0. The van der Waals surface area contributed by atoms with Crippen molar-refractivity contribution < 1.29 is 14.7 Å². The van der Waals surface area contributed by atoms with E-state index in [-0.39, 0.29) is 11.9 Å². The van der Waals surface area contributed by atoms with Crippen LogP contribution in [0.4, 0.5) is 0 Å². The monoisotopic (exact) mass is 211 g/mol. The van der Waals surface area contributed by atoms with E-state index in [9.17, 15) is 9.59 Å². The largest absolute Gasteiger partial charge is 0.480 e. The van der Waals surface area contributed by atoms with Gasteiger partial charge in [-0.2, -0.15) is 0 Å². The first kappa shape index (κ1) is 10.5. The zero-order valence-electron chi connectivity index (χ0n) is 8.98. The van der Waals surface area contributed by atoms with Crippen LogP contribution in [-0.4, -0.2) is 34.0 Å². The van der Waals surface area contributed by atoms with Crippen molar-refractivity contribution in [1.82, 2.24) is 4.90 Å². The number of carboxylic acids is 1. The van der Waals surface area contributed by atoms with Crippen LogP contribution in [0.5, 0.6) is 0 Å². The highest BCUT2D eigenvalue weighted by Crippen LogP contribution is 2.39. The van der Waals surface area contributed by atoms with Crippen LogP contribution < -0.4 is 0 Å². The Bertz CT molecular complexity index is 290. The van der Waals surface area contributed by atoms with Gasteiger partial charge in [0.05, 0.1) is 0 Å². The van der Waals surface area contributed by atoms with Crippen LogP contribution in [-0.2, 0) is 9.59 Å². The van der Waals surface area contributed by atoms with Gasteiger partial charge in [0.2, 0.25) is 5.91 Å². The molecule has 1 N–H and O–H groups in total. The molecule has 0 aromatic heterocycles. The highest BCUT2D eigenvalue weighted by Gasteiger charge is 2.43. The third-order valence-corrected chi connectivity index (χ3v) is 3.77. The van der Waals surface area contributed by atoms with Crippen LogP contribution in [0.1, 0.15) is 39.0 Å². The van der Waals surface area contributed by atoms with Gasteiger partial charge in [-0.1, -0.05) is 6.42 Å². The molecule has 3 unspecified atom stereocenters. The summed E-state index contributed by atoms with van der Waals surface area (Å²) in [4.78, 5) is 24.2. The third-order valence-electron chi connectivity index (χ3n) is 3.77. The lowest BCUT2D eigenvalue weighted by Crippen LogP contribution is -2.54. The van der Waals surface area contributed by atoms with Gasteiger partial charge in [-0.05, 0) is 31.6 Å². The molecule has 2 rings (SSSR count). The normalized spacial score (nSPS) is 35.0. The molecule has 2 fully saturated rings. The van der Waals surface area contributed by atoms with E-state index >= 15 is 0 Å². The molecule has 4 nitrogen and oxygen atoms in total. The molecular weight excluding hydrogens is 194 g/mol. The summed E-state index contributed by atoms with van der Waals surface area (Å²) in [5, 5.41) is 9.08. The van der Waals surface area contributed by atoms with E-state index in [0.29, 0.717) is 12.3 Å². The van der Waals surface area contributed by atoms with Crippen molar-refractivity contribution >= 4 is 11.9 Å². The lowest BCUT2D eigenvalue weighted by Gasteiger charge is -2.41. The van der Waals surface area contributed by atoms with Crippen LogP contribution in [0.25, 0.3) is 0 Å². The fourth-order valence-electron chi connectivity index (χ4n) is 3.16. The van der Waals surface area contributed by atoms with Crippen molar-refractivity contribution in [2.24, 2.45) is 5.92 Å². The third kappa shape index (κ3) is 1.73. The number of rotatable bonds is 1. The molecule has 4 heteroatoms. The molecule has 0 spiro atoms.